The van der Waals surface area contributed by atoms with Gasteiger partial charge in [0.1, 0.15) is 18.1 Å². The maximum Gasteiger partial charge on any atom is 0.354 e. The summed E-state index contributed by atoms with van der Waals surface area (Å²) in [6.45, 7) is 0.281. The van der Waals surface area contributed by atoms with Crippen molar-refractivity contribution >= 4 is 37.8 Å². The summed E-state index contributed by atoms with van der Waals surface area (Å²) >= 11 is 6.76. The van der Waals surface area contributed by atoms with Crippen LogP contribution in [0.25, 0.3) is 0 Å². The first-order valence-corrected chi connectivity index (χ1v) is 6.91. The Labute approximate surface area is 126 Å². The Bertz CT molecular complexity index is 617. The average Bonchev–Trinajstić information content (AvgIpc) is 2.38. The number of pyridine rings is 1. The maximum absolute atomic E-state index is 10.8. The van der Waals surface area contributed by atoms with Crippen LogP contribution in [0.5, 0.6) is 5.75 Å². The van der Waals surface area contributed by atoms with Gasteiger partial charge in [0.25, 0.3) is 0 Å². The maximum atomic E-state index is 10.8. The molecule has 0 bridgehead atoms. The smallest absolute Gasteiger partial charge is 0.354 e. The van der Waals surface area contributed by atoms with Gasteiger partial charge < -0.3 is 9.84 Å². The van der Waals surface area contributed by atoms with Gasteiger partial charge in [0.15, 0.2) is 0 Å². The molecule has 2 aromatic rings. The molecule has 1 aromatic heterocycles. The number of hydrogen-bond donors (Lipinski definition) is 1. The highest BCUT2D eigenvalue weighted by Gasteiger charge is 2.06. The SMILES string of the molecule is O=C(O)c1cc(COc2ccc(Br)cc2Br)ccn1. The number of rotatable bonds is 4. The Morgan fingerprint density at radius 2 is 2.05 bits per heavy atom. The van der Waals surface area contributed by atoms with E-state index < -0.39 is 5.97 Å². The van der Waals surface area contributed by atoms with E-state index in [0.29, 0.717) is 5.75 Å². The summed E-state index contributed by atoms with van der Waals surface area (Å²) in [5.74, 6) is -0.358. The summed E-state index contributed by atoms with van der Waals surface area (Å²) < 4.78 is 7.40. The number of aromatic nitrogens is 1. The van der Waals surface area contributed by atoms with Crippen molar-refractivity contribution in [1.29, 1.82) is 0 Å². The van der Waals surface area contributed by atoms with Gasteiger partial charge in [-0.1, -0.05) is 15.9 Å². The molecule has 98 valence electrons. The molecule has 1 aromatic carbocycles. The molecule has 19 heavy (non-hydrogen) atoms. The molecule has 0 atom stereocenters. The summed E-state index contributed by atoms with van der Waals surface area (Å²) in [6, 6.07) is 8.79. The van der Waals surface area contributed by atoms with Gasteiger partial charge in [-0.2, -0.15) is 0 Å². The number of carboxylic acid groups (broad SMARTS) is 1. The first-order valence-electron chi connectivity index (χ1n) is 5.32. The zero-order valence-electron chi connectivity index (χ0n) is 9.64. The Morgan fingerprint density at radius 1 is 1.26 bits per heavy atom. The van der Waals surface area contributed by atoms with Crippen LogP contribution in [0.15, 0.2) is 45.5 Å². The molecule has 0 amide bonds. The second-order valence-electron chi connectivity index (χ2n) is 3.72. The van der Waals surface area contributed by atoms with Crippen LogP contribution in [-0.2, 0) is 6.61 Å². The van der Waals surface area contributed by atoms with Crippen LogP contribution in [-0.4, -0.2) is 16.1 Å². The van der Waals surface area contributed by atoms with Crippen molar-refractivity contribution in [2.45, 2.75) is 6.61 Å². The minimum absolute atomic E-state index is 0.0102. The predicted octanol–water partition coefficient (Wildman–Crippen LogP) is 3.88. The minimum Gasteiger partial charge on any atom is -0.488 e. The van der Waals surface area contributed by atoms with E-state index in [4.69, 9.17) is 9.84 Å². The van der Waals surface area contributed by atoms with Gasteiger partial charge in [0, 0.05) is 10.7 Å². The van der Waals surface area contributed by atoms with Gasteiger partial charge in [-0.3, -0.25) is 0 Å². The molecule has 1 heterocycles. The summed E-state index contributed by atoms with van der Waals surface area (Å²) in [5, 5.41) is 8.85. The third-order valence-electron chi connectivity index (χ3n) is 2.33. The second-order valence-corrected chi connectivity index (χ2v) is 5.49. The molecule has 0 spiro atoms. The van der Waals surface area contributed by atoms with Gasteiger partial charge >= 0.3 is 5.97 Å². The molecule has 0 radical (unpaired) electrons. The molecule has 0 aliphatic rings. The fourth-order valence-corrected chi connectivity index (χ4v) is 2.60. The summed E-state index contributed by atoms with van der Waals surface area (Å²) in [6.07, 6.45) is 1.46. The normalized spacial score (nSPS) is 10.2. The van der Waals surface area contributed by atoms with E-state index in [1.165, 1.54) is 12.3 Å². The third-order valence-corrected chi connectivity index (χ3v) is 3.44. The zero-order chi connectivity index (χ0) is 13.8. The lowest BCUT2D eigenvalue weighted by Crippen LogP contribution is -2.03. The number of halogens is 2. The Morgan fingerprint density at radius 3 is 2.74 bits per heavy atom. The standard InChI is InChI=1S/C13H9Br2NO3/c14-9-1-2-12(10(15)6-9)19-7-8-3-4-16-11(5-8)13(17)18/h1-6H,7H2,(H,17,18). The largest absolute Gasteiger partial charge is 0.488 e. The Kier molecular flexibility index (Phi) is 4.55. The molecule has 1 N–H and O–H groups in total. The van der Waals surface area contributed by atoms with Crippen molar-refractivity contribution in [3.63, 3.8) is 0 Å². The highest BCUT2D eigenvalue weighted by Crippen LogP contribution is 2.28. The van der Waals surface area contributed by atoms with Crippen LogP contribution < -0.4 is 4.74 Å². The van der Waals surface area contributed by atoms with Crippen LogP contribution in [0, 0.1) is 0 Å². The number of hydrogen-bond acceptors (Lipinski definition) is 3. The molecule has 0 aliphatic heterocycles. The van der Waals surface area contributed by atoms with Crippen LogP contribution in [0.3, 0.4) is 0 Å². The van der Waals surface area contributed by atoms with E-state index >= 15 is 0 Å². The number of carboxylic acids is 1. The van der Waals surface area contributed by atoms with Crippen molar-refractivity contribution < 1.29 is 14.6 Å². The number of nitrogens with zero attached hydrogens (tertiary/aromatic N) is 1. The van der Waals surface area contributed by atoms with Gasteiger partial charge in [-0.15, -0.1) is 0 Å². The summed E-state index contributed by atoms with van der Waals surface area (Å²) in [4.78, 5) is 14.6. The molecule has 2 rings (SSSR count). The number of carbonyl (C=O) groups is 1. The average molecular weight is 387 g/mol. The monoisotopic (exact) mass is 385 g/mol. The molecule has 0 aliphatic carbocycles. The van der Waals surface area contributed by atoms with E-state index in [1.54, 1.807) is 6.07 Å². The van der Waals surface area contributed by atoms with Crippen molar-refractivity contribution in [3.8, 4) is 5.75 Å². The quantitative estimate of drug-likeness (QED) is 0.865. The molecular weight excluding hydrogens is 378 g/mol. The van der Waals surface area contributed by atoms with E-state index in [1.807, 2.05) is 18.2 Å². The minimum atomic E-state index is -1.05. The van der Waals surface area contributed by atoms with Crippen molar-refractivity contribution in [3.05, 3.63) is 56.7 Å². The summed E-state index contributed by atoms with van der Waals surface area (Å²) in [7, 11) is 0. The van der Waals surface area contributed by atoms with Gasteiger partial charge in [-0.25, -0.2) is 9.78 Å². The highest BCUT2D eigenvalue weighted by atomic mass is 79.9. The van der Waals surface area contributed by atoms with Gasteiger partial charge in [0.2, 0.25) is 0 Å². The lowest BCUT2D eigenvalue weighted by Gasteiger charge is -2.08. The van der Waals surface area contributed by atoms with Crippen molar-refractivity contribution in [1.82, 2.24) is 4.98 Å². The molecule has 0 unspecified atom stereocenters. The molecule has 0 saturated carbocycles. The molecule has 4 nitrogen and oxygen atoms in total. The van der Waals surface area contributed by atoms with Crippen LogP contribution >= 0.6 is 31.9 Å². The Hall–Kier alpha value is -1.40. The number of aromatic carboxylic acids is 1. The zero-order valence-corrected chi connectivity index (χ0v) is 12.8. The van der Waals surface area contributed by atoms with Crippen molar-refractivity contribution in [2.24, 2.45) is 0 Å². The summed E-state index contributed by atoms with van der Waals surface area (Å²) in [5.41, 5.74) is 0.762. The molecule has 0 fully saturated rings. The molecular formula is C13H9Br2NO3. The molecule has 6 heteroatoms. The van der Waals surface area contributed by atoms with Crippen LogP contribution in [0.4, 0.5) is 0 Å². The van der Waals surface area contributed by atoms with E-state index in [0.717, 1.165) is 14.5 Å². The predicted molar refractivity (Wildman–Crippen MR) is 77.4 cm³/mol. The molecule has 0 saturated heterocycles. The van der Waals surface area contributed by atoms with E-state index in [9.17, 15) is 4.79 Å². The first-order chi connectivity index (χ1) is 9.06. The number of ether oxygens (including phenoxy) is 1. The van der Waals surface area contributed by atoms with Crippen LogP contribution in [0.2, 0.25) is 0 Å². The van der Waals surface area contributed by atoms with Crippen molar-refractivity contribution in [2.75, 3.05) is 0 Å². The fraction of sp³-hybridized carbons (Fsp3) is 0.0769. The van der Waals surface area contributed by atoms with E-state index in [2.05, 4.69) is 36.8 Å². The lowest BCUT2D eigenvalue weighted by molar-refractivity contribution is 0.0690. The van der Waals surface area contributed by atoms with E-state index in [-0.39, 0.29) is 12.3 Å². The Balaban J connectivity index is 2.10. The topological polar surface area (TPSA) is 59.4 Å². The van der Waals surface area contributed by atoms with Crippen LogP contribution in [0.1, 0.15) is 16.1 Å². The van der Waals surface area contributed by atoms with Gasteiger partial charge in [-0.05, 0) is 51.8 Å². The number of benzene rings is 1. The second kappa shape index (κ2) is 6.16. The van der Waals surface area contributed by atoms with Gasteiger partial charge in [0.05, 0.1) is 4.47 Å². The lowest BCUT2D eigenvalue weighted by atomic mass is 10.2. The highest BCUT2D eigenvalue weighted by molar-refractivity contribution is 9.11. The fourth-order valence-electron chi connectivity index (χ4n) is 1.43. The first kappa shape index (κ1) is 14.0. The third kappa shape index (κ3) is 3.78.